The van der Waals surface area contributed by atoms with Crippen LogP contribution in [-0.2, 0) is 17.8 Å². The molecule has 0 aliphatic carbocycles. The summed E-state index contributed by atoms with van der Waals surface area (Å²) in [4.78, 5) is 25.1. The van der Waals surface area contributed by atoms with Crippen molar-refractivity contribution in [3.8, 4) is 16.9 Å². The van der Waals surface area contributed by atoms with Gasteiger partial charge < -0.3 is 14.8 Å². The van der Waals surface area contributed by atoms with Crippen LogP contribution in [0.15, 0.2) is 85.2 Å². The highest BCUT2D eigenvalue weighted by Crippen LogP contribution is 2.25. The maximum Gasteiger partial charge on any atom is 0.341 e. The van der Waals surface area contributed by atoms with Crippen molar-refractivity contribution < 1.29 is 19.1 Å². The van der Waals surface area contributed by atoms with Crippen LogP contribution in [0, 0.1) is 0 Å². The number of aromatic nitrogens is 2. The molecule has 0 aliphatic rings. The molecule has 34 heavy (non-hydrogen) atoms. The number of rotatable bonds is 8. The monoisotopic (exact) mass is 455 g/mol. The molecular formula is C27H25N3O4. The van der Waals surface area contributed by atoms with Crippen molar-refractivity contribution in [3.63, 3.8) is 0 Å². The van der Waals surface area contributed by atoms with Gasteiger partial charge in [0.1, 0.15) is 11.3 Å². The number of hydrogen-bond donors (Lipinski definition) is 1. The molecule has 0 saturated heterocycles. The third-order valence-electron chi connectivity index (χ3n) is 5.46. The molecular weight excluding hydrogens is 430 g/mol. The molecule has 4 rings (SSSR count). The Bertz CT molecular complexity index is 1280. The molecule has 0 saturated carbocycles. The average Bonchev–Trinajstić information content (AvgIpc) is 3.40. The second-order valence-electron chi connectivity index (χ2n) is 7.66. The van der Waals surface area contributed by atoms with Crippen LogP contribution in [0.1, 0.15) is 31.8 Å². The maximum atomic E-state index is 13.0. The van der Waals surface area contributed by atoms with E-state index >= 15 is 0 Å². The van der Waals surface area contributed by atoms with Crippen molar-refractivity contribution in [2.24, 2.45) is 0 Å². The van der Waals surface area contributed by atoms with Gasteiger partial charge in [0, 0.05) is 24.5 Å². The van der Waals surface area contributed by atoms with Gasteiger partial charge in [-0.25, -0.2) is 4.79 Å². The van der Waals surface area contributed by atoms with Crippen LogP contribution in [0.25, 0.3) is 11.1 Å². The molecule has 3 aromatic carbocycles. The fourth-order valence-electron chi connectivity index (χ4n) is 3.72. The number of hydrogen-bond acceptors (Lipinski definition) is 5. The number of nitrogens with zero attached hydrogens (tertiary/aromatic N) is 2. The van der Waals surface area contributed by atoms with E-state index in [-0.39, 0.29) is 12.5 Å². The summed E-state index contributed by atoms with van der Waals surface area (Å²) in [5, 5.41) is 7.18. The zero-order valence-corrected chi connectivity index (χ0v) is 19.0. The summed E-state index contributed by atoms with van der Waals surface area (Å²) in [6.07, 6.45) is 3.68. The quantitative estimate of drug-likeness (QED) is 0.400. The van der Waals surface area contributed by atoms with Gasteiger partial charge in [0.15, 0.2) is 0 Å². The Balaban J connectivity index is 1.49. The third-order valence-corrected chi connectivity index (χ3v) is 5.46. The van der Waals surface area contributed by atoms with Gasteiger partial charge in [-0.3, -0.25) is 9.48 Å². The molecule has 172 valence electrons. The van der Waals surface area contributed by atoms with Crippen LogP contribution in [0.3, 0.4) is 0 Å². The Kier molecular flexibility index (Phi) is 7.03. The first-order valence-corrected chi connectivity index (χ1v) is 10.8. The average molecular weight is 456 g/mol. The SMILES string of the molecule is COC(=O)c1cc(CNC(=O)c2ccccc2-c2ccc(Cn3cccn3)cc2)ccc1OC. The van der Waals surface area contributed by atoms with Gasteiger partial charge in [0.25, 0.3) is 5.91 Å². The molecule has 0 radical (unpaired) electrons. The largest absolute Gasteiger partial charge is 0.496 e. The van der Waals surface area contributed by atoms with E-state index in [0.717, 1.165) is 22.3 Å². The molecule has 0 fully saturated rings. The van der Waals surface area contributed by atoms with Gasteiger partial charge in [0.05, 0.1) is 20.8 Å². The number of benzene rings is 3. The first-order valence-electron chi connectivity index (χ1n) is 10.8. The minimum atomic E-state index is -0.494. The minimum Gasteiger partial charge on any atom is -0.496 e. The topological polar surface area (TPSA) is 82.5 Å². The third kappa shape index (κ3) is 5.15. The fraction of sp³-hybridized carbons (Fsp3) is 0.148. The van der Waals surface area contributed by atoms with Crippen LogP contribution in [-0.4, -0.2) is 35.9 Å². The Labute approximate surface area is 197 Å². The summed E-state index contributed by atoms with van der Waals surface area (Å²) in [6, 6.07) is 22.6. The summed E-state index contributed by atoms with van der Waals surface area (Å²) >= 11 is 0. The van der Waals surface area contributed by atoms with E-state index in [1.54, 1.807) is 30.5 Å². The zero-order chi connectivity index (χ0) is 23.9. The molecule has 1 amide bonds. The van der Waals surface area contributed by atoms with E-state index in [1.165, 1.54) is 14.2 Å². The summed E-state index contributed by atoms with van der Waals surface area (Å²) in [6.45, 7) is 0.939. The van der Waals surface area contributed by atoms with Crippen molar-refractivity contribution >= 4 is 11.9 Å². The lowest BCUT2D eigenvalue weighted by Crippen LogP contribution is -2.23. The van der Waals surface area contributed by atoms with E-state index in [9.17, 15) is 9.59 Å². The molecule has 0 unspecified atom stereocenters. The second kappa shape index (κ2) is 10.5. The maximum absolute atomic E-state index is 13.0. The Morgan fingerprint density at radius 2 is 1.68 bits per heavy atom. The van der Waals surface area contributed by atoms with Crippen molar-refractivity contribution in [2.75, 3.05) is 14.2 Å². The predicted octanol–water partition coefficient (Wildman–Crippen LogP) is 4.32. The fourth-order valence-corrected chi connectivity index (χ4v) is 3.72. The number of ether oxygens (including phenoxy) is 2. The lowest BCUT2D eigenvalue weighted by atomic mass is 9.98. The Morgan fingerprint density at radius 3 is 2.38 bits per heavy atom. The molecule has 7 heteroatoms. The molecule has 4 aromatic rings. The zero-order valence-electron chi connectivity index (χ0n) is 19.0. The molecule has 1 N–H and O–H groups in total. The van der Waals surface area contributed by atoms with Gasteiger partial charge >= 0.3 is 5.97 Å². The highest BCUT2D eigenvalue weighted by Gasteiger charge is 2.15. The minimum absolute atomic E-state index is 0.202. The van der Waals surface area contributed by atoms with E-state index in [0.29, 0.717) is 23.4 Å². The van der Waals surface area contributed by atoms with Crippen LogP contribution in [0.2, 0.25) is 0 Å². The van der Waals surface area contributed by atoms with Crippen molar-refractivity contribution in [3.05, 3.63) is 107 Å². The van der Waals surface area contributed by atoms with E-state index in [4.69, 9.17) is 9.47 Å². The molecule has 1 aromatic heterocycles. The first kappa shape index (κ1) is 22.8. The van der Waals surface area contributed by atoms with Gasteiger partial charge in [-0.1, -0.05) is 48.5 Å². The van der Waals surface area contributed by atoms with E-state index in [1.807, 2.05) is 59.4 Å². The van der Waals surface area contributed by atoms with Gasteiger partial charge in [-0.15, -0.1) is 0 Å². The molecule has 0 spiro atoms. The molecule has 1 heterocycles. The number of amides is 1. The number of esters is 1. The smallest absolute Gasteiger partial charge is 0.341 e. The van der Waals surface area contributed by atoms with Crippen LogP contribution in [0.4, 0.5) is 0 Å². The molecule has 7 nitrogen and oxygen atoms in total. The van der Waals surface area contributed by atoms with Gasteiger partial charge in [-0.2, -0.15) is 5.10 Å². The van der Waals surface area contributed by atoms with Crippen molar-refractivity contribution in [1.29, 1.82) is 0 Å². The highest BCUT2D eigenvalue weighted by atomic mass is 16.5. The first-order chi connectivity index (χ1) is 16.6. The summed E-state index contributed by atoms with van der Waals surface area (Å²) in [7, 11) is 2.81. The Hall–Kier alpha value is -4.39. The normalized spacial score (nSPS) is 10.5. The summed E-state index contributed by atoms with van der Waals surface area (Å²) in [5.74, 6) is -0.277. The molecule has 0 atom stereocenters. The number of carbonyl (C=O) groups is 2. The van der Waals surface area contributed by atoms with E-state index in [2.05, 4.69) is 10.4 Å². The lowest BCUT2D eigenvalue weighted by molar-refractivity contribution is 0.0597. The Morgan fingerprint density at radius 1 is 0.912 bits per heavy atom. The summed E-state index contributed by atoms with van der Waals surface area (Å²) in [5.41, 5.74) is 4.56. The van der Waals surface area contributed by atoms with Crippen LogP contribution in [0.5, 0.6) is 5.75 Å². The van der Waals surface area contributed by atoms with Crippen molar-refractivity contribution in [2.45, 2.75) is 13.1 Å². The van der Waals surface area contributed by atoms with Crippen LogP contribution < -0.4 is 10.1 Å². The van der Waals surface area contributed by atoms with E-state index < -0.39 is 5.97 Å². The highest BCUT2D eigenvalue weighted by molar-refractivity contribution is 6.01. The molecule has 0 bridgehead atoms. The number of methoxy groups -OCH3 is 2. The standard InChI is InChI=1S/C27H25N3O4/c1-33-25-13-10-20(16-24(25)27(32)34-2)17-28-26(31)23-7-4-3-6-22(23)21-11-8-19(9-12-21)18-30-15-5-14-29-30/h3-16H,17-18H2,1-2H3,(H,28,31). The lowest BCUT2D eigenvalue weighted by Gasteiger charge is -2.13. The van der Waals surface area contributed by atoms with Crippen LogP contribution >= 0.6 is 0 Å². The van der Waals surface area contributed by atoms with Crippen molar-refractivity contribution in [1.82, 2.24) is 15.1 Å². The van der Waals surface area contributed by atoms with Gasteiger partial charge in [-0.05, 0) is 46.5 Å². The molecule has 0 aliphatic heterocycles. The predicted molar refractivity (Wildman–Crippen MR) is 129 cm³/mol. The number of carbonyl (C=O) groups excluding carboxylic acids is 2. The second-order valence-corrected chi connectivity index (χ2v) is 7.66. The van der Waals surface area contributed by atoms with Gasteiger partial charge in [0.2, 0.25) is 0 Å². The summed E-state index contributed by atoms with van der Waals surface area (Å²) < 4.78 is 11.9. The number of nitrogens with one attached hydrogen (secondary N) is 1.